The van der Waals surface area contributed by atoms with Gasteiger partial charge in [-0.1, -0.05) is 30.3 Å². The number of rotatable bonds is 5. The largest absolute Gasteiger partial charge is 0.508 e. The Morgan fingerprint density at radius 2 is 1.65 bits per heavy atom. The van der Waals surface area contributed by atoms with Gasteiger partial charge in [-0.15, -0.1) is 0 Å². The minimum Gasteiger partial charge on any atom is -0.508 e. The maximum atomic E-state index is 12.7. The summed E-state index contributed by atoms with van der Waals surface area (Å²) in [5, 5.41) is 18.7. The van der Waals surface area contributed by atoms with Crippen molar-refractivity contribution in [3.63, 3.8) is 0 Å². The maximum Gasteiger partial charge on any atom is 0.115 e. The topological polar surface area (TPSA) is 57.5 Å². The van der Waals surface area contributed by atoms with E-state index in [1.807, 2.05) is 30.3 Å². The standard InChI is InChI=1S/C16H18O3S/c1-12(17)11-16(13-5-3-2-4-6-13)20(19)15-9-7-14(18)8-10-15/h2-10,12,16-18H,11H2,1H3. The Bertz CT molecular complexity index is 564. The third-order valence-electron chi connectivity index (χ3n) is 3.05. The van der Waals surface area contributed by atoms with E-state index in [2.05, 4.69) is 0 Å². The van der Waals surface area contributed by atoms with Crippen molar-refractivity contribution < 1.29 is 14.4 Å². The average Bonchev–Trinajstić information content (AvgIpc) is 2.45. The van der Waals surface area contributed by atoms with Crippen LogP contribution < -0.4 is 0 Å². The number of aliphatic hydroxyl groups excluding tert-OH is 1. The van der Waals surface area contributed by atoms with Crippen LogP contribution in [0.3, 0.4) is 0 Å². The normalized spacial score (nSPS) is 15.5. The monoisotopic (exact) mass is 290 g/mol. The smallest absolute Gasteiger partial charge is 0.115 e. The summed E-state index contributed by atoms with van der Waals surface area (Å²) in [6.07, 6.45) is -0.0985. The summed E-state index contributed by atoms with van der Waals surface area (Å²) in [5.41, 5.74) is 0.944. The number of aromatic hydroxyl groups is 1. The highest BCUT2D eigenvalue weighted by atomic mass is 32.2. The zero-order valence-electron chi connectivity index (χ0n) is 11.3. The second kappa shape index (κ2) is 6.68. The Hall–Kier alpha value is -1.65. The lowest BCUT2D eigenvalue weighted by Crippen LogP contribution is -2.14. The second-order valence-electron chi connectivity index (χ2n) is 4.78. The summed E-state index contributed by atoms with van der Waals surface area (Å²) in [6, 6.07) is 15.9. The first-order chi connectivity index (χ1) is 9.58. The average molecular weight is 290 g/mol. The first kappa shape index (κ1) is 14.8. The van der Waals surface area contributed by atoms with E-state index in [9.17, 15) is 14.4 Å². The Labute approximate surface area is 121 Å². The van der Waals surface area contributed by atoms with Crippen molar-refractivity contribution in [2.24, 2.45) is 0 Å². The van der Waals surface area contributed by atoms with Crippen molar-refractivity contribution in [2.45, 2.75) is 29.6 Å². The molecule has 0 saturated carbocycles. The number of benzene rings is 2. The summed E-state index contributed by atoms with van der Waals surface area (Å²) in [5.74, 6) is 0.150. The molecule has 0 aliphatic rings. The maximum absolute atomic E-state index is 12.7. The van der Waals surface area contributed by atoms with E-state index in [4.69, 9.17) is 0 Å². The van der Waals surface area contributed by atoms with Gasteiger partial charge >= 0.3 is 0 Å². The summed E-state index contributed by atoms with van der Waals surface area (Å²) in [4.78, 5) is 0.650. The van der Waals surface area contributed by atoms with Gasteiger partial charge in [-0.25, -0.2) is 0 Å². The molecule has 2 aromatic carbocycles. The molecule has 4 heteroatoms. The number of aliphatic hydroxyl groups is 1. The lowest BCUT2D eigenvalue weighted by Gasteiger charge is -2.18. The van der Waals surface area contributed by atoms with Gasteiger partial charge in [0, 0.05) is 4.90 Å². The molecule has 20 heavy (non-hydrogen) atoms. The highest BCUT2D eigenvalue weighted by Crippen LogP contribution is 2.30. The molecule has 3 nitrogen and oxygen atoms in total. The van der Waals surface area contributed by atoms with Gasteiger partial charge in [0.15, 0.2) is 0 Å². The molecular formula is C16H18O3S. The third kappa shape index (κ3) is 3.68. The van der Waals surface area contributed by atoms with Crippen LogP contribution in [0.5, 0.6) is 5.75 Å². The summed E-state index contributed by atoms with van der Waals surface area (Å²) in [6.45, 7) is 1.70. The van der Waals surface area contributed by atoms with Crippen LogP contribution in [-0.2, 0) is 10.8 Å². The van der Waals surface area contributed by atoms with Crippen LogP contribution in [-0.4, -0.2) is 20.5 Å². The van der Waals surface area contributed by atoms with Crippen LogP contribution in [0, 0.1) is 0 Å². The molecular weight excluding hydrogens is 272 g/mol. The highest BCUT2D eigenvalue weighted by molar-refractivity contribution is 7.85. The van der Waals surface area contributed by atoms with E-state index in [1.165, 1.54) is 12.1 Å². The Morgan fingerprint density at radius 3 is 2.20 bits per heavy atom. The minimum atomic E-state index is -1.27. The lowest BCUT2D eigenvalue weighted by atomic mass is 10.1. The fraction of sp³-hybridized carbons (Fsp3) is 0.250. The van der Waals surface area contributed by atoms with Crippen LogP contribution in [0.25, 0.3) is 0 Å². The van der Waals surface area contributed by atoms with Gasteiger partial charge in [0.1, 0.15) is 5.75 Å². The van der Waals surface area contributed by atoms with Gasteiger partial charge in [-0.3, -0.25) is 4.21 Å². The number of phenols is 1. The molecule has 0 amide bonds. The Morgan fingerprint density at radius 1 is 1.05 bits per heavy atom. The third-order valence-corrected chi connectivity index (χ3v) is 4.77. The van der Waals surface area contributed by atoms with E-state index in [1.54, 1.807) is 19.1 Å². The zero-order chi connectivity index (χ0) is 14.5. The van der Waals surface area contributed by atoms with Crippen molar-refractivity contribution in [1.82, 2.24) is 0 Å². The first-order valence-electron chi connectivity index (χ1n) is 6.50. The molecule has 0 fully saturated rings. The summed E-state index contributed by atoms with van der Waals surface area (Å²) in [7, 11) is -1.27. The van der Waals surface area contributed by atoms with Gasteiger partial charge in [0.2, 0.25) is 0 Å². The van der Waals surface area contributed by atoms with Gasteiger partial charge in [0.25, 0.3) is 0 Å². The number of hydrogen-bond acceptors (Lipinski definition) is 3. The Kier molecular flexibility index (Phi) is 4.93. The molecule has 2 aromatic rings. The van der Waals surface area contributed by atoms with Gasteiger partial charge in [0.05, 0.1) is 22.2 Å². The van der Waals surface area contributed by atoms with Crippen LogP contribution in [0.15, 0.2) is 59.5 Å². The molecule has 0 bridgehead atoms. The van der Waals surface area contributed by atoms with Gasteiger partial charge in [-0.2, -0.15) is 0 Å². The van der Waals surface area contributed by atoms with Crippen molar-refractivity contribution in [3.05, 3.63) is 60.2 Å². The van der Waals surface area contributed by atoms with E-state index >= 15 is 0 Å². The molecule has 3 atom stereocenters. The van der Waals surface area contributed by atoms with Crippen LogP contribution in [0.2, 0.25) is 0 Å². The zero-order valence-corrected chi connectivity index (χ0v) is 12.1. The molecule has 0 aliphatic heterocycles. The fourth-order valence-corrected chi connectivity index (χ4v) is 3.66. The quantitative estimate of drug-likeness (QED) is 0.890. The molecule has 0 aromatic heterocycles. The first-order valence-corrected chi connectivity index (χ1v) is 7.72. The van der Waals surface area contributed by atoms with E-state index < -0.39 is 16.9 Å². The lowest BCUT2D eigenvalue weighted by molar-refractivity contribution is 0.183. The summed E-state index contributed by atoms with van der Waals surface area (Å²) < 4.78 is 12.7. The summed E-state index contributed by atoms with van der Waals surface area (Å²) >= 11 is 0. The van der Waals surface area contributed by atoms with Crippen molar-refractivity contribution in [1.29, 1.82) is 0 Å². The predicted octanol–water partition coefficient (Wildman–Crippen LogP) is 3.01. The van der Waals surface area contributed by atoms with Crippen LogP contribution in [0.1, 0.15) is 24.2 Å². The van der Waals surface area contributed by atoms with E-state index in [0.717, 1.165) is 5.56 Å². The van der Waals surface area contributed by atoms with Gasteiger partial charge in [-0.05, 0) is 43.2 Å². The van der Waals surface area contributed by atoms with E-state index in [0.29, 0.717) is 11.3 Å². The Balaban J connectivity index is 2.31. The van der Waals surface area contributed by atoms with Crippen LogP contribution >= 0.6 is 0 Å². The number of hydrogen-bond donors (Lipinski definition) is 2. The molecule has 0 heterocycles. The molecule has 3 unspecified atom stereocenters. The minimum absolute atomic E-state index is 0.150. The second-order valence-corrected chi connectivity index (χ2v) is 6.41. The predicted molar refractivity (Wildman–Crippen MR) is 80.0 cm³/mol. The molecule has 0 saturated heterocycles. The molecule has 0 spiro atoms. The van der Waals surface area contributed by atoms with Crippen molar-refractivity contribution in [2.75, 3.05) is 0 Å². The van der Waals surface area contributed by atoms with E-state index in [-0.39, 0.29) is 11.0 Å². The molecule has 106 valence electrons. The molecule has 0 aliphatic carbocycles. The molecule has 2 N–H and O–H groups in total. The number of phenolic OH excluding ortho intramolecular Hbond substituents is 1. The highest BCUT2D eigenvalue weighted by Gasteiger charge is 2.22. The molecule has 2 rings (SSSR count). The fourth-order valence-electron chi connectivity index (χ4n) is 2.07. The van der Waals surface area contributed by atoms with Crippen LogP contribution in [0.4, 0.5) is 0 Å². The molecule has 0 radical (unpaired) electrons. The SMILES string of the molecule is CC(O)CC(c1ccccc1)S(=O)c1ccc(O)cc1. The van der Waals surface area contributed by atoms with Gasteiger partial charge < -0.3 is 10.2 Å². The van der Waals surface area contributed by atoms with Crippen molar-refractivity contribution in [3.8, 4) is 5.75 Å². The van der Waals surface area contributed by atoms with Crippen molar-refractivity contribution >= 4 is 10.8 Å².